The van der Waals surface area contributed by atoms with Gasteiger partial charge in [0.25, 0.3) is 5.91 Å². The van der Waals surface area contributed by atoms with Crippen LogP contribution in [-0.4, -0.2) is 25.2 Å². The SMILES string of the molecule is COc1cc(/C=N\NC(=O)c2cccc3ccccc23)cc(Br)c1OC(C)=O. The topological polar surface area (TPSA) is 77.0 Å². The Morgan fingerprint density at radius 3 is 2.61 bits per heavy atom. The first-order valence-electron chi connectivity index (χ1n) is 8.36. The third kappa shape index (κ3) is 4.37. The number of ether oxygens (including phenoxy) is 2. The first-order valence-corrected chi connectivity index (χ1v) is 9.16. The van der Waals surface area contributed by atoms with E-state index in [0.29, 0.717) is 21.3 Å². The number of carbonyl (C=O) groups is 2. The van der Waals surface area contributed by atoms with Crippen LogP contribution in [0.4, 0.5) is 0 Å². The molecule has 0 aliphatic carbocycles. The highest BCUT2D eigenvalue weighted by Gasteiger charge is 2.13. The Kier molecular flexibility index (Phi) is 6.06. The molecule has 1 amide bonds. The number of halogens is 1. The van der Waals surface area contributed by atoms with E-state index < -0.39 is 5.97 Å². The van der Waals surface area contributed by atoms with Gasteiger partial charge in [-0.2, -0.15) is 5.10 Å². The Bertz CT molecular complexity index is 1070. The molecule has 0 bridgehead atoms. The summed E-state index contributed by atoms with van der Waals surface area (Å²) in [5.74, 6) is -0.114. The van der Waals surface area contributed by atoms with Crippen molar-refractivity contribution in [2.24, 2.45) is 5.10 Å². The van der Waals surface area contributed by atoms with Crippen molar-refractivity contribution >= 4 is 44.8 Å². The van der Waals surface area contributed by atoms with Crippen LogP contribution in [-0.2, 0) is 4.79 Å². The van der Waals surface area contributed by atoms with Gasteiger partial charge in [-0.25, -0.2) is 5.43 Å². The number of hydrogen-bond donors (Lipinski definition) is 1. The molecule has 142 valence electrons. The van der Waals surface area contributed by atoms with Crippen LogP contribution in [0.15, 0.2) is 64.2 Å². The molecule has 0 radical (unpaired) electrons. The number of methoxy groups -OCH3 is 1. The van der Waals surface area contributed by atoms with E-state index in [1.54, 1.807) is 18.2 Å². The number of fused-ring (bicyclic) bond motifs is 1. The van der Waals surface area contributed by atoms with Crippen molar-refractivity contribution in [1.82, 2.24) is 5.43 Å². The zero-order valence-electron chi connectivity index (χ0n) is 15.2. The smallest absolute Gasteiger partial charge is 0.308 e. The van der Waals surface area contributed by atoms with Crippen LogP contribution in [0.2, 0.25) is 0 Å². The quantitative estimate of drug-likeness (QED) is 0.277. The minimum Gasteiger partial charge on any atom is -0.493 e. The highest BCUT2D eigenvalue weighted by Crippen LogP contribution is 2.36. The summed E-state index contributed by atoms with van der Waals surface area (Å²) in [4.78, 5) is 23.7. The third-order valence-corrected chi connectivity index (χ3v) is 4.50. The molecule has 3 rings (SSSR count). The molecule has 0 aliphatic heterocycles. The van der Waals surface area contributed by atoms with E-state index in [0.717, 1.165) is 10.8 Å². The van der Waals surface area contributed by atoms with Crippen LogP contribution in [0.1, 0.15) is 22.8 Å². The number of amides is 1. The second kappa shape index (κ2) is 8.67. The van der Waals surface area contributed by atoms with Gasteiger partial charge in [-0.15, -0.1) is 0 Å². The molecule has 3 aromatic carbocycles. The predicted molar refractivity (Wildman–Crippen MR) is 111 cm³/mol. The van der Waals surface area contributed by atoms with Crippen LogP contribution in [0.25, 0.3) is 10.8 Å². The molecule has 0 spiro atoms. The molecule has 6 nitrogen and oxygen atoms in total. The Labute approximate surface area is 170 Å². The van der Waals surface area contributed by atoms with E-state index in [4.69, 9.17) is 9.47 Å². The number of hydrazone groups is 1. The summed E-state index contributed by atoms with van der Waals surface area (Å²) in [6.07, 6.45) is 1.48. The van der Waals surface area contributed by atoms with Crippen LogP contribution in [0.5, 0.6) is 11.5 Å². The summed E-state index contributed by atoms with van der Waals surface area (Å²) < 4.78 is 10.9. The van der Waals surface area contributed by atoms with Crippen molar-refractivity contribution in [3.8, 4) is 11.5 Å². The summed E-state index contributed by atoms with van der Waals surface area (Å²) in [6, 6.07) is 16.5. The summed E-state index contributed by atoms with van der Waals surface area (Å²) in [7, 11) is 1.47. The molecule has 28 heavy (non-hydrogen) atoms. The molecule has 0 saturated carbocycles. The molecule has 7 heteroatoms. The van der Waals surface area contributed by atoms with Gasteiger partial charge in [0.2, 0.25) is 0 Å². The molecule has 0 fully saturated rings. The molecule has 0 atom stereocenters. The van der Waals surface area contributed by atoms with E-state index in [1.807, 2.05) is 36.4 Å². The van der Waals surface area contributed by atoms with Gasteiger partial charge in [0.1, 0.15) is 0 Å². The lowest BCUT2D eigenvalue weighted by molar-refractivity contribution is -0.132. The fourth-order valence-electron chi connectivity index (χ4n) is 2.71. The van der Waals surface area contributed by atoms with Crippen LogP contribution in [0, 0.1) is 0 Å². The van der Waals surface area contributed by atoms with Crippen molar-refractivity contribution < 1.29 is 19.1 Å². The third-order valence-electron chi connectivity index (χ3n) is 3.91. The van der Waals surface area contributed by atoms with Gasteiger partial charge in [-0.3, -0.25) is 9.59 Å². The number of rotatable bonds is 5. The zero-order chi connectivity index (χ0) is 20.1. The first kappa shape index (κ1) is 19.6. The number of carbonyl (C=O) groups excluding carboxylic acids is 2. The van der Waals surface area contributed by atoms with Gasteiger partial charge in [-0.05, 0) is 50.5 Å². The van der Waals surface area contributed by atoms with Gasteiger partial charge >= 0.3 is 5.97 Å². The van der Waals surface area contributed by atoms with Gasteiger partial charge in [0, 0.05) is 12.5 Å². The molecule has 0 aromatic heterocycles. The second-order valence-electron chi connectivity index (χ2n) is 5.85. The van der Waals surface area contributed by atoms with Crippen molar-refractivity contribution in [2.45, 2.75) is 6.92 Å². The van der Waals surface area contributed by atoms with Crippen molar-refractivity contribution in [3.05, 3.63) is 70.2 Å². The number of nitrogens with one attached hydrogen (secondary N) is 1. The maximum atomic E-state index is 12.5. The normalized spacial score (nSPS) is 10.8. The lowest BCUT2D eigenvalue weighted by Crippen LogP contribution is -2.17. The number of nitrogens with zero attached hydrogens (tertiary/aromatic N) is 1. The fraction of sp³-hybridized carbons (Fsp3) is 0.0952. The molecule has 0 unspecified atom stereocenters. The summed E-state index contributed by atoms with van der Waals surface area (Å²) in [6.45, 7) is 1.31. The number of esters is 1. The number of benzene rings is 3. The lowest BCUT2D eigenvalue weighted by Gasteiger charge is -2.11. The average Bonchev–Trinajstić information content (AvgIpc) is 2.69. The van der Waals surface area contributed by atoms with Crippen molar-refractivity contribution in [2.75, 3.05) is 7.11 Å². The molecule has 0 saturated heterocycles. The van der Waals surface area contributed by atoms with Gasteiger partial charge in [0.15, 0.2) is 11.5 Å². The van der Waals surface area contributed by atoms with Crippen molar-refractivity contribution in [3.63, 3.8) is 0 Å². The maximum Gasteiger partial charge on any atom is 0.308 e. The maximum absolute atomic E-state index is 12.5. The Morgan fingerprint density at radius 1 is 1.11 bits per heavy atom. The molecule has 0 heterocycles. The van der Waals surface area contributed by atoms with E-state index in [1.165, 1.54) is 20.2 Å². The van der Waals surface area contributed by atoms with Crippen LogP contribution in [0.3, 0.4) is 0 Å². The minimum absolute atomic E-state index is 0.284. The minimum atomic E-state index is -0.456. The highest BCUT2D eigenvalue weighted by atomic mass is 79.9. The van der Waals surface area contributed by atoms with Gasteiger partial charge in [0.05, 0.1) is 17.8 Å². The first-order chi connectivity index (χ1) is 13.5. The molecule has 1 N–H and O–H groups in total. The fourth-order valence-corrected chi connectivity index (χ4v) is 3.25. The van der Waals surface area contributed by atoms with E-state index in [-0.39, 0.29) is 11.7 Å². The van der Waals surface area contributed by atoms with E-state index in [9.17, 15) is 9.59 Å². The number of hydrogen-bond acceptors (Lipinski definition) is 5. The standard InChI is InChI=1S/C21H17BrN2O4/c1-13(25)28-20-18(22)10-14(11-19(20)27-2)12-23-24-21(26)17-9-5-7-15-6-3-4-8-16(15)17/h3-12H,1-2H3,(H,24,26)/b23-12-. The highest BCUT2D eigenvalue weighted by molar-refractivity contribution is 9.10. The zero-order valence-corrected chi connectivity index (χ0v) is 16.8. The van der Waals surface area contributed by atoms with Gasteiger partial charge < -0.3 is 9.47 Å². The van der Waals surface area contributed by atoms with Crippen LogP contribution < -0.4 is 14.9 Å². The summed E-state index contributed by atoms with van der Waals surface area (Å²) in [5, 5.41) is 5.86. The summed E-state index contributed by atoms with van der Waals surface area (Å²) in [5.41, 5.74) is 3.72. The molecular formula is C21H17BrN2O4. The second-order valence-corrected chi connectivity index (χ2v) is 6.71. The molecule has 3 aromatic rings. The molecular weight excluding hydrogens is 424 g/mol. The predicted octanol–water partition coefficient (Wildman–Crippen LogP) is 4.30. The van der Waals surface area contributed by atoms with Crippen LogP contribution >= 0.6 is 15.9 Å². The largest absolute Gasteiger partial charge is 0.493 e. The van der Waals surface area contributed by atoms with Crippen molar-refractivity contribution in [1.29, 1.82) is 0 Å². The monoisotopic (exact) mass is 440 g/mol. The summed E-state index contributed by atoms with van der Waals surface area (Å²) >= 11 is 3.35. The van der Waals surface area contributed by atoms with E-state index in [2.05, 4.69) is 26.5 Å². The average molecular weight is 441 g/mol. The molecule has 0 aliphatic rings. The van der Waals surface area contributed by atoms with E-state index >= 15 is 0 Å². The Balaban J connectivity index is 1.79. The lowest BCUT2D eigenvalue weighted by atomic mass is 10.0. The Hall–Kier alpha value is -3.19. The Morgan fingerprint density at radius 2 is 1.86 bits per heavy atom. The van der Waals surface area contributed by atoms with Gasteiger partial charge in [-0.1, -0.05) is 36.4 Å².